The number of carboxylic acids is 1. The number of aromatic carboxylic acids is 1. The molecule has 0 spiro atoms. The van der Waals surface area contributed by atoms with E-state index in [0.29, 0.717) is 11.1 Å². The fourth-order valence-corrected chi connectivity index (χ4v) is 2.90. The van der Waals surface area contributed by atoms with Gasteiger partial charge in [0.25, 0.3) is 0 Å². The molecule has 2 heterocycles. The second-order valence-corrected chi connectivity index (χ2v) is 4.99. The van der Waals surface area contributed by atoms with Crippen LogP contribution < -0.4 is 0 Å². The number of fused-ring (bicyclic) bond motifs is 1. The van der Waals surface area contributed by atoms with Crippen LogP contribution in [0.2, 0.25) is 0 Å². The highest BCUT2D eigenvalue weighted by atomic mass is 32.1. The molecule has 5 heteroatoms. The van der Waals surface area contributed by atoms with Crippen molar-refractivity contribution in [3.05, 3.63) is 58.7 Å². The Kier molecular flexibility index (Phi) is 2.68. The summed E-state index contributed by atoms with van der Waals surface area (Å²) < 4.78 is 1.04. The summed E-state index contributed by atoms with van der Waals surface area (Å²) in [6.07, 6.45) is 1.43. The number of aromatic nitrogens is 1. The van der Waals surface area contributed by atoms with E-state index in [9.17, 15) is 9.59 Å². The Hall–Kier alpha value is -2.40. The average Bonchev–Trinajstić information content (AvgIpc) is 3.05. The Balaban J connectivity index is 2.05. The summed E-state index contributed by atoms with van der Waals surface area (Å²) in [5.74, 6) is -1.24. The maximum atomic E-state index is 12.4. The molecule has 0 saturated heterocycles. The third-order valence-corrected chi connectivity index (χ3v) is 3.86. The zero-order chi connectivity index (χ0) is 13.4. The van der Waals surface area contributed by atoms with Gasteiger partial charge in [-0.1, -0.05) is 18.2 Å². The van der Waals surface area contributed by atoms with Crippen LogP contribution in [-0.4, -0.2) is 21.8 Å². The summed E-state index contributed by atoms with van der Waals surface area (Å²) in [4.78, 5) is 25.7. The van der Waals surface area contributed by atoms with E-state index in [-0.39, 0.29) is 11.5 Å². The molecule has 0 bridgehead atoms. The number of H-pyrrole nitrogens is 1. The monoisotopic (exact) mass is 271 g/mol. The second-order valence-electron chi connectivity index (χ2n) is 4.08. The molecular weight excluding hydrogens is 262 g/mol. The van der Waals surface area contributed by atoms with Crippen molar-refractivity contribution in [1.29, 1.82) is 0 Å². The van der Waals surface area contributed by atoms with Gasteiger partial charge in [-0.25, -0.2) is 4.79 Å². The molecule has 19 heavy (non-hydrogen) atoms. The van der Waals surface area contributed by atoms with Crippen molar-refractivity contribution in [2.24, 2.45) is 0 Å². The van der Waals surface area contributed by atoms with Crippen LogP contribution in [0.4, 0.5) is 0 Å². The number of hydrogen-bond acceptors (Lipinski definition) is 3. The van der Waals surface area contributed by atoms with Crippen molar-refractivity contribution in [3.63, 3.8) is 0 Å². The number of carbonyl (C=O) groups is 2. The molecule has 0 amide bonds. The van der Waals surface area contributed by atoms with Crippen LogP contribution in [0.25, 0.3) is 10.1 Å². The molecule has 0 saturated carbocycles. The van der Waals surface area contributed by atoms with Gasteiger partial charge in [0, 0.05) is 32.8 Å². The van der Waals surface area contributed by atoms with Gasteiger partial charge in [0.15, 0.2) is 5.78 Å². The molecule has 0 atom stereocenters. The van der Waals surface area contributed by atoms with Gasteiger partial charge in [-0.15, -0.1) is 11.3 Å². The normalized spacial score (nSPS) is 10.7. The number of ketones is 1. The highest BCUT2D eigenvalue weighted by Crippen LogP contribution is 2.27. The first-order valence-electron chi connectivity index (χ1n) is 5.59. The van der Waals surface area contributed by atoms with E-state index >= 15 is 0 Å². The fraction of sp³-hybridized carbons (Fsp3) is 0. The third-order valence-electron chi connectivity index (χ3n) is 2.90. The van der Waals surface area contributed by atoms with Crippen molar-refractivity contribution >= 4 is 33.2 Å². The summed E-state index contributed by atoms with van der Waals surface area (Å²) >= 11 is 1.50. The first-order valence-corrected chi connectivity index (χ1v) is 6.47. The zero-order valence-electron chi connectivity index (χ0n) is 9.71. The van der Waals surface area contributed by atoms with Gasteiger partial charge in [0.2, 0.25) is 0 Å². The predicted molar refractivity (Wildman–Crippen MR) is 73.0 cm³/mol. The van der Waals surface area contributed by atoms with Gasteiger partial charge in [-0.3, -0.25) is 4.79 Å². The molecule has 94 valence electrons. The van der Waals surface area contributed by atoms with E-state index in [2.05, 4.69) is 4.98 Å². The summed E-state index contributed by atoms with van der Waals surface area (Å²) in [7, 11) is 0. The first-order chi connectivity index (χ1) is 9.16. The van der Waals surface area contributed by atoms with Crippen molar-refractivity contribution in [1.82, 2.24) is 4.98 Å². The van der Waals surface area contributed by atoms with Gasteiger partial charge < -0.3 is 10.1 Å². The molecule has 0 aliphatic rings. The number of nitrogens with one attached hydrogen (secondary N) is 1. The van der Waals surface area contributed by atoms with Crippen LogP contribution >= 0.6 is 11.3 Å². The quantitative estimate of drug-likeness (QED) is 0.719. The second kappa shape index (κ2) is 4.37. The maximum absolute atomic E-state index is 12.4. The van der Waals surface area contributed by atoms with E-state index in [1.54, 1.807) is 5.38 Å². The molecule has 1 aromatic carbocycles. The molecule has 4 nitrogen and oxygen atoms in total. The molecule has 0 fully saturated rings. The predicted octanol–water partition coefficient (Wildman–Crippen LogP) is 3.16. The fourth-order valence-electron chi connectivity index (χ4n) is 1.96. The zero-order valence-corrected chi connectivity index (χ0v) is 10.5. The molecule has 0 unspecified atom stereocenters. The Bertz CT molecular complexity index is 785. The minimum absolute atomic E-state index is 0.0166. The lowest BCUT2D eigenvalue weighted by Crippen LogP contribution is -1.99. The molecule has 0 radical (unpaired) electrons. The molecule has 3 rings (SSSR count). The summed E-state index contributed by atoms with van der Waals surface area (Å²) in [6, 6.07) is 9.01. The van der Waals surface area contributed by atoms with Crippen molar-refractivity contribution in [3.8, 4) is 0 Å². The molecule has 2 N–H and O–H groups in total. The Labute approximate surface area is 112 Å². The van der Waals surface area contributed by atoms with Crippen LogP contribution in [0.5, 0.6) is 0 Å². The third kappa shape index (κ3) is 1.94. The molecular formula is C14H9NO3S. The van der Waals surface area contributed by atoms with Crippen LogP contribution in [-0.2, 0) is 0 Å². The minimum Gasteiger partial charge on any atom is -0.477 e. The number of hydrogen-bond donors (Lipinski definition) is 2. The van der Waals surface area contributed by atoms with Gasteiger partial charge in [-0.2, -0.15) is 0 Å². The smallest absolute Gasteiger partial charge is 0.352 e. The molecule has 0 aliphatic carbocycles. The lowest BCUT2D eigenvalue weighted by Gasteiger charge is -1.95. The summed E-state index contributed by atoms with van der Waals surface area (Å²) in [5, 5.41) is 11.5. The number of carbonyl (C=O) groups excluding carboxylic acids is 1. The Morgan fingerprint density at radius 2 is 2.00 bits per heavy atom. The molecule has 0 aliphatic heterocycles. The number of benzene rings is 1. The maximum Gasteiger partial charge on any atom is 0.352 e. The number of carboxylic acid groups (broad SMARTS) is 1. The average molecular weight is 271 g/mol. The van der Waals surface area contributed by atoms with E-state index in [4.69, 9.17) is 5.11 Å². The lowest BCUT2D eigenvalue weighted by atomic mass is 10.1. The molecule has 3 aromatic rings. The largest absolute Gasteiger partial charge is 0.477 e. The van der Waals surface area contributed by atoms with Crippen LogP contribution in [0.3, 0.4) is 0 Å². The highest BCUT2D eigenvalue weighted by molar-refractivity contribution is 7.17. The Morgan fingerprint density at radius 1 is 1.21 bits per heavy atom. The molecule has 2 aromatic heterocycles. The van der Waals surface area contributed by atoms with Crippen LogP contribution in [0.15, 0.2) is 41.9 Å². The highest BCUT2D eigenvalue weighted by Gasteiger charge is 2.17. The first kappa shape index (κ1) is 11.7. The van der Waals surface area contributed by atoms with Crippen molar-refractivity contribution in [2.75, 3.05) is 0 Å². The Morgan fingerprint density at radius 3 is 2.74 bits per heavy atom. The van der Waals surface area contributed by atoms with E-state index in [1.807, 2.05) is 24.3 Å². The summed E-state index contributed by atoms with van der Waals surface area (Å²) in [6.45, 7) is 0. The standard InChI is InChI=1S/C14H9NO3S/c16-13(8-5-11(14(17)18)15-6-8)10-7-19-12-4-2-1-3-9(10)12/h1-7,15H,(H,17,18). The van der Waals surface area contributed by atoms with E-state index in [1.165, 1.54) is 23.6 Å². The van der Waals surface area contributed by atoms with Crippen molar-refractivity contribution < 1.29 is 14.7 Å². The van der Waals surface area contributed by atoms with Gasteiger partial charge in [0.1, 0.15) is 5.69 Å². The van der Waals surface area contributed by atoms with Gasteiger partial charge >= 0.3 is 5.97 Å². The number of aromatic amines is 1. The van der Waals surface area contributed by atoms with Gasteiger partial charge in [0.05, 0.1) is 0 Å². The topological polar surface area (TPSA) is 70.2 Å². The van der Waals surface area contributed by atoms with E-state index < -0.39 is 5.97 Å². The number of thiophene rings is 1. The number of rotatable bonds is 3. The minimum atomic E-state index is -1.07. The summed E-state index contributed by atoms with van der Waals surface area (Å²) in [5.41, 5.74) is 0.986. The SMILES string of the molecule is O=C(O)c1cc(C(=O)c2csc3ccccc23)c[nH]1. The van der Waals surface area contributed by atoms with Crippen molar-refractivity contribution in [2.45, 2.75) is 0 Å². The van der Waals surface area contributed by atoms with E-state index in [0.717, 1.165) is 10.1 Å². The van der Waals surface area contributed by atoms with Crippen LogP contribution in [0, 0.1) is 0 Å². The van der Waals surface area contributed by atoms with Crippen LogP contribution in [0.1, 0.15) is 26.4 Å². The van der Waals surface area contributed by atoms with Gasteiger partial charge in [-0.05, 0) is 12.1 Å². The lowest BCUT2D eigenvalue weighted by molar-refractivity contribution is 0.0691.